The second-order valence-corrected chi connectivity index (χ2v) is 4.75. The molecule has 80 valence electrons. The van der Waals surface area contributed by atoms with Crippen molar-refractivity contribution in [3.8, 4) is 0 Å². The molecule has 0 fully saturated rings. The van der Waals surface area contributed by atoms with Crippen LogP contribution in [-0.2, 0) is 0 Å². The summed E-state index contributed by atoms with van der Waals surface area (Å²) in [5.74, 6) is 2.64. The summed E-state index contributed by atoms with van der Waals surface area (Å²) < 4.78 is 0. The monoisotopic (exact) mass is 203 g/mol. The number of nitrogens with one attached hydrogen (secondary N) is 1. The highest BCUT2D eigenvalue weighted by Crippen LogP contribution is 2.06. The fraction of sp³-hybridized carbons (Fsp3) is 1.00. The van der Waals surface area contributed by atoms with Crippen LogP contribution in [0.3, 0.4) is 0 Å². The molecule has 0 rings (SSSR count). The maximum atomic E-state index is 3.43. The van der Waals surface area contributed by atoms with E-state index in [9.17, 15) is 0 Å². The minimum absolute atomic E-state index is 1.19. The first-order valence-corrected chi connectivity index (χ1v) is 6.85. The van der Waals surface area contributed by atoms with Crippen LogP contribution in [0.2, 0.25) is 0 Å². The molecule has 0 amide bonds. The number of rotatable bonds is 10. The van der Waals surface area contributed by atoms with Crippen LogP contribution >= 0.6 is 11.8 Å². The Balaban J connectivity index is 2.76. The van der Waals surface area contributed by atoms with Gasteiger partial charge in [0.15, 0.2) is 0 Å². The first-order valence-electron chi connectivity index (χ1n) is 5.70. The topological polar surface area (TPSA) is 12.0 Å². The van der Waals surface area contributed by atoms with Crippen molar-refractivity contribution in [2.75, 3.05) is 24.6 Å². The maximum absolute atomic E-state index is 3.43. The third-order valence-electron chi connectivity index (χ3n) is 2.02. The first kappa shape index (κ1) is 13.3. The molecule has 0 heterocycles. The minimum Gasteiger partial charge on any atom is -0.317 e. The summed E-state index contributed by atoms with van der Waals surface area (Å²) in [4.78, 5) is 0. The van der Waals surface area contributed by atoms with Crippen LogP contribution in [0.4, 0.5) is 0 Å². The molecule has 0 aromatic carbocycles. The highest BCUT2D eigenvalue weighted by Gasteiger charge is 1.90. The van der Waals surface area contributed by atoms with Crippen LogP contribution in [0.15, 0.2) is 0 Å². The Kier molecular flexibility index (Phi) is 12.6. The standard InChI is InChI=1S/C11H25NS/c1-3-9-12-10-7-5-6-8-11-13-4-2/h12H,3-11H2,1-2H3. The van der Waals surface area contributed by atoms with Gasteiger partial charge in [-0.3, -0.25) is 0 Å². The number of hydrogen-bond acceptors (Lipinski definition) is 2. The van der Waals surface area contributed by atoms with E-state index in [1.54, 1.807) is 0 Å². The molecule has 0 saturated carbocycles. The molecule has 1 nitrogen and oxygen atoms in total. The number of hydrogen-bond donors (Lipinski definition) is 1. The van der Waals surface area contributed by atoms with Gasteiger partial charge in [0.1, 0.15) is 0 Å². The molecule has 0 radical (unpaired) electrons. The van der Waals surface area contributed by atoms with Gasteiger partial charge in [0.25, 0.3) is 0 Å². The van der Waals surface area contributed by atoms with Gasteiger partial charge < -0.3 is 5.32 Å². The fourth-order valence-electron chi connectivity index (χ4n) is 1.25. The van der Waals surface area contributed by atoms with E-state index >= 15 is 0 Å². The molecule has 2 heteroatoms. The Hall–Kier alpha value is 0.310. The number of thioether (sulfide) groups is 1. The van der Waals surface area contributed by atoms with Gasteiger partial charge in [-0.25, -0.2) is 0 Å². The van der Waals surface area contributed by atoms with Crippen LogP contribution < -0.4 is 5.32 Å². The van der Waals surface area contributed by atoms with Crippen molar-refractivity contribution in [1.29, 1.82) is 0 Å². The van der Waals surface area contributed by atoms with Crippen molar-refractivity contribution in [2.24, 2.45) is 0 Å². The van der Waals surface area contributed by atoms with Gasteiger partial charge in [0.05, 0.1) is 0 Å². The lowest BCUT2D eigenvalue weighted by Gasteiger charge is -2.02. The summed E-state index contributed by atoms with van der Waals surface area (Å²) in [6.07, 6.45) is 6.85. The van der Waals surface area contributed by atoms with E-state index in [1.165, 1.54) is 56.7 Å². The molecule has 0 aliphatic heterocycles. The molecule has 0 aromatic heterocycles. The van der Waals surface area contributed by atoms with Gasteiger partial charge in [-0.1, -0.05) is 26.7 Å². The van der Waals surface area contributed by atoms with E-state index in [0.717, 1.165) is 0 Å². The largest absolute Gasteiger partial charge is 0.317 e. The van der Waals surface area contributed by atoms with Crippen LogP contribution in [0.5, 0.6) is 0 Å². The van der Waals surface area contributed by atoms with E-state index in [2.05, 4.69) is 30.9 Å². The quantitative estimate of drug-likeness (QED) is 0.547. The molecule has 0 aliphatic carbocycles. The SMILES string of the molecule is CCCNCCCCCCSCC. The summed E-state index contributed by atoms with van der Waals surface area (Å²) >= 11 is 2.06. The van der Waals surface area contributed by atoms with Crippen LogP contribution in [-0.4, -0.2) is 24.6 Å². The molecule has 0 unspecified atom stereocenters. The van der Waals surface area contributed by atoms with Crippen molar-refractivity contribution in [1.82, 2.24) is 5.32 Å². The molecular formula is C11H25NS. The molecule has 0 aromatic rings. The van der Waals surface area contributed by atoms with Gasteiger partial charge in [-0.2, -0.15) is 11.8 Å². The second-order valence-electron chi connectivity index (χ2n) is 3.36. The average molecular weight is 203 g/mol. The zero-order valence-electron chi connectivity index (χ0n) is 9.27. The van der Waals surface area contributed by atoms with Crippen molar-refractivity contribution < 1.29 is 0 Å². The Labute approximate surface area is 88.1 Å². The molecule has 1 N–H and O–H groups in total. The van der Waals surface area contributed by atoms with Crippen molar-refractivity contribution >= 4 is 11.8 Å². The van der Waals surface area contributed by atoms with Gasteiger partial charge >= 0.3 is 0 Å². The molecule has 0 spiro atoms. The summed E-state index contributed by atoms with van der Waals surface area (Å²) in [5, 5.41) is 3.43. The Morgan fingerprint density at radius 3 is 2.38 bits per heavy atom. The molecular weight excluding hydrogens is 178 g/mol. The van der Waals surface area contributed by atoms with E-state index in [4.69, 9.17) is 0 Å². The second kappa shape index (κ2) is 12.3. The normalized spacial score (nSPS) is 10.6. The smallest absolute Gasteiger partial charge is 0.00489 e. The van der Waals surface area contributed by atoms with Gasteiger partial charge in [-0.05, 0) is 43.9 Å². The van der Waals surface area contributed by atoms with Crippen molar-refractivity contribution in [3.63, 3.8) is 0 Å². The molecule has 0 aliphatic rings. The van der Waals surface area contributed by atoms with Crippen LogP contribution in [0, 0.1) is 0 Å². The van der Waals surface area contributed by atoms with E-state index in [-0.39, 0.29) is 0 Å². The Morgan fingerprint density at radius 1 is 0.923 bits per heavy atom. The lowest BCUT2D eigenvalue weighted by molar-refractivity contribution is 0.596. The predicted octanol–water partition coefficient (Wildman–Crippen LogP) is 3.30. The van der Waals surface area contributed by atoms with E-state index in [0.29, 0.717) is 0 Å². The predicted molar refractivity (Wildman–Crippen MR) is 64.6 cm³/mol. The van der Waals surface area contributed by atoms with Gasteiger partial charge in [0.2, 0.25) is 0 Å². The summed E-state index contributed by atoms with van der Waals surface area (Å²) in [6.45, 7) is 6.86. The lowest BCUT2D eigenvalue weighted by Crippen LogP contribution is -2.15. The Morgan fingerprint density at radius 2 is 1.69 bits per heavy atom. The van der Waals surface area contributed by atoms with Crippen molar-refractivity contribution in [2.45, 2.75) is 46.0 Å². The summed E-state index contributed by atoms with van der Waals surface area (Å²) in [6, 6.07) is 0. The van der Waals surface area contributed by atoms with Crippen LogP contribution in [0.1, 0.15) is 46.0 Å². The minimum atomic E-state index is 1.19. The fourth-order valence-corrected chi connectivity index (χ4v) is 1.95. The third-order valence-corrected chi connectivity index (χ3v) is 3.01. The van der Waals surface area contributed by atoms with Crippen molar-refractivity contribution in [3.05, 3.63) is 0 Å². The molecule has 0 bridgehead atoms. The van der Waals surface area contributed by atoms with Gasteiger partial charge in [-0.15, -0.1) is 0 Å². The van der Waals surface area contributed by atoms with E-state index < -0.39 is 0 Å². The number of unbranched alkanes of at least 4 members (excludes halogenated alkanes) is 3. The molecule has 13 heavy (non-hydrogen) atoms. The molecule has 0 saturated heterocycles. The maximum Gasteiger partial charge on any atom is -0.00489 e. The zero-order valence-corrected chi connectivity index (χ0v) is 10.1. The highest BCUT2D eigenvalue weighted by molar-refractivity contribution is 7.99. The summed E-state index contributed by atoms with van der Waals surface area (Å²) in [5.41, 5.74) is 0. The average Bonchev–Trinajstić information content (AvgIpc) is 2.16. The third kappa shape index (κ3) is 12.3. The Bertz CT molecular complexity index is 76.2. The first-order chi connectivity index (χ1) is 6.41. The lowest BCUT2D eigenvalue weighted by atomic mass is 10.2. The zero-order chi connectivity index (χ0) is 9.78. The van der Waals surface area contributed by atoms with E-state index in [1.807, 2.05) is 0 Å². The summed E-state index contributed by atoms with van der Waals surface area (Å²) in [7, 11) is 0. The highest BCUT2D eigenvalue weighted by atomic mass is 32.2. The van der Waals surface area contributed by atoms with Gasteiger partial charge in [0, 0.05) is 0 Å². The van der Waals surface area contributed by atoms with Crippen LogP contribution in [0.25, 0.3) is 0 Å². The molecule has 0 atom stereocenters.